The molecule has 0 amide bonds. The smallest absolute Gasteiger partial charge is 0.339 e. The fourth-order valence-corrected chi connectivity index (χ4v) is 1.69. The number of hydrogen-bond acceptors (Lipinski definition) is 5. The Labute approximate surface area is 105 Å². The van der Waals surface area contributed by atoms with Crippen molar-refractivity contribution in [3.63, 3.8) is 0 Å². The molecule has 0 aliphatic rings. The van der Waals surface area contributed by atoms with Gasteiger partial charge in [0.15, 0.2) is 0 Å². The molecule has 0 radical (unpaired) electrons. The second-order valence-corrected chi connectivity index (χ2v) is 3.84. The van der Waals surface area contributed by atoms with E-state index in [0.717, 1.165) is 0 Å². The molecule has 1 atom stereocenters. The third-order valence-electron chi connectivity index (χ3n) is 2.70. The van der Waals surface area contributed by atoms with Crippen LogP contribution in [0.1, 0.15) is 39.1 Å². The van der Waals surface area contributed by atoms with Crippen molar-refractivity contribution in [1.29, 1.82) is 0 Å². The third-order valence-corrected chi connectivity index (χ3v) is 2.70. The summed E-state index contributed by atoms with van der Waals surface area (Å²) in [5.41, 5.74) is 0.850. The number of methoxy groups -OCH3 is 2. The van der Waals surface area contributed by atoms with Crippen molar-refractivity contribution < 1.29 is 24.2 Å². The van der Waals surface area contributed by atoms with E-state index in [1.165, 1.54) is 20.3 Å². The highest BCUT2D eigenvalue weighted by Crippen LogP contribution is 2.24. The Balaban J connectivity index is 3.44. The number of esters is 2. The lowest BCUT2D eigenvalue weighted by atomic mass is 9.92. The summed E-state index contributed by atoms with van der Waals surface area (Å²) in [5, 5.41) is 9.19. The zero-order chi connectivity index (χ0) is 13.7. The SMILES string of the molecule is COC(=O)c1cccc(C(C)CO)c1C(=O)OC. The van der Waals surface area contributed by atoms with Gasteiger partial charge in [0.25, 0.3) is 0 Å². The molecule has 0 saturated heterocycles. The van der Waals surface area contributed by atoms with Crippen LogP contribution in [0.4, 0.5) is 0 Å². The van der Waals surface area contributed by atoms with E-state index in [1.54, 1.807) is 19.1 Å². The Morgan fingerprint density at radius 3 is 2.33 bits per heavy atom. The quantitative estimate of drug-likeness (QED) is 0.819. The number of carbonyl (C=O) groups is 2. The maximum atomic E-state index is 11.8. The van der Waals surface area contributed by atoms with E-state index < -0.39 is 11.9 Å². The van der Waals surface area contributed by atoms with Crippen molar-refractivity contribution >= 4 is 11.9 Å². The predicted molar refractivity (Wildman–Crippen MR) is 64.6 cm³/mol. The molecule has 0 aliphatic heterocycles. The van der Waals surface area contributed by atoms with Crippen LogP contribution in [0.2, 0.25) is 0 Å². The van der Waals surface area contributed by atoms with Crippen LogP contribution in [0.5, 0.6) is 0 Å². The maximum absolute atomic E-state index is 11.8. The molecule has 0 bridgehead atoms. The van der Waals surface area contributed by atoms with Crippen molar-refractivity contribution in [1.82, 2.24) is 0 Å². The van der Waals surface area contributed by atoms with Crippen LogP contribution in [0, 0.1) is 0 Å². The Morgan fingerprint density at radius 2 is 1.83 bits per heavy atom. The van der Waals surface area contributed by atoms with Gasteiger partial charge >= 0.3 is 11.9 Å². The largest absolute Gasteiger partial charge is 0.465 e. The molecule has 0 heterocycles. The van der Waals surface area contributed by atoms with E-state index in [9.17, 15) is 14.7 Å². The molecule has 1 rings (SSSR count). The van der Waals surface area contributed by atoms with Crippen LogP contribution in [0.15, 0.2) is 18.2 Å². The second kappa shape index (κ2) is 6.16. The van der Waals surface area contributed by atoms with E-state index in [0.29, 0.717) is 5.56 Å². The summed E-state index contributed by atoms with van der Waals surface area (Å²) in [7, 11) is 2.48. The Morgan fingerprint density at radius 1 is 1.22 bits per heavy atom. The van der Waals surface area contributed by atoms with Gasteiger partial charge in [0, 0.05) is 12.5 Å². The molecule has 0 aromatic heterocycles. The highest BCUT2D eigenvalue weighted by Gasteiger charge is 2.24. The molecule has 0 saturated carbocycles. The van der Waals surface area contributed by atoms with Gasteiger partial charge in [-0.25, -0.2) is 9.59 Å². The number of aliphatic hydroxyl groups excluding tert-OH is 1. The first-order valence-electron chi connectivity index (χ1n) is 5.47. The molecule has 1 aromatic carbocycles. The molecular formula is C13H16O5. The van der Waals surface area contributed by atoms with Gasteiger partial charge in [-0.05, 0) is 11.6 Å². The Hall–Kier alpha value is -1.88. The average molecular weight is 252 g/mol. The first kappa shape index (κ1) is 14.2. The van der Waals surface area contributed by atoms with Crippen molar-refractivity contribution in [3.8, 4) is 0 Å². The number of benzene rings is 1. The van der Waals surface area contributed by atoms with Gasteiger partial charge in [-0.3, -0.25) is 0 Å². The van der Waals surface area contributed by atoms with E-state index in [1.807, 2.05) is 0 Å². The third kappa shape index (κ3) is 2.68. The summed E-state index contributed by atoms with van der Waals surface area (Å²) in [6.07, 6.45) is 0. The molecule has 5 heteroatoms. The molecular weight excluding hydrogens is 236 g/mol. The molecule has 0 spiro atoms. The van der Waals surface area contributed by atoms with Crippen molar-refractivity contribution in [2.45, 2.75) is 12.8 Å². The van der Waals surface area contributed by atoms with E-state index in [4.69, 9.17) is 0 Å². The van der Waals surface area contributed by atoms with Crippen molar-refractivity contribution in [2.75, 3.05) is 20.8 Å². The minimum atomic E-state index is -0.619. The normalized spacial score (nSPS) is 11.8. The van der Waals surface area contributed by atoms with E-state index in [-0.39, 0.29) is 23.7 Å². The molecule has 1 unspecified atom stereocenters. The van der Waals surface area contributed by atoms with Gasteiger partial charge < -0.3 is 14.6 Å². The van der Waals surface area contributed by atoms with Crippen molar-refractivity contribution in [3.05, 3.63) is 34.9 Å². The molecule has 18 heavy (non-hydrogen) atoms. The number of carbonyl (C=O) groups excluding carboxylic acids is 2. The number of ether oxygens (including phenoxy) is 2. The summed E-state index contributed by atoms with van der Waals surface area (Å²) in [5.74, 6) is -1.50. The first-order valence-corrected chi connectivity index (χ1v) is 5.47. The minimum Gasteiger partial charge on any atom is -0.465 e. The lowest BCUT2D eigenvalue weighted by molar-refractivity contribution is 0.0553. The number of rotatable bonds is 4. The summed E-state index contributed by atoms with van der Waals surface area (Å²) in [6, 6.07) is 4.81. The van der Waals surface area contributed by atoms with E-state index in [2.05, 4.69) is 9.47 Å². The topological polar surface area (TPSA) is 72.8 Å². The summed E-state index contributed by atoms with van der Waals surface area (Å²) in [4.78, 5) is 23.4. The van der Waals surface area contributed by atoms with Crippen LogP contribution in [-0.2, 0) is 9.47 Å². The molecule has 5 nitrogen and oxygen atoms in total. The second-order valence-electron chi connectivity index (χ2n) is 3.84. The summed E-state index contributed by atoms with van der Waals surface area (Å²) >= 11 is 0. The number of hydrogen-bond donors (Lipinski definition) is 1. The van der Waals surface area contributed by atoms with Gasteiger partial charge in [-0.15, -0.1) is 0 Å². The lowest BCUT2D eigenvalue weighted by Gasteiger charge is -2.15. The predicted octanol–water partition coefficient (Wildman–Crippen LogP) is 1.36. The standard InChI is InChI=1S/C13H16O5/c1-8(7-14)9-5-4-6-10(12(15)17-2)11(9)13(16)18-3/h4-6,8,14H,7H2,1-3H3. The maximum Gasteiger partial charge on any atom is 0.339 e. The van der Waals surface area contributed by atoms with Gasteiger partial charge in [0.2, 0.25) is 0 Å². The van der Waals surface area contributed by atoms with Crippen LogP contribution < -0.4 is 0 Å². The molecule has 0 aliphatic carbocycles. The van der Waals surface area contributed by atoms with Crippen molar-refractivity contribution in [2.24, 2.45) is 0 Å². The average Bonchev–Trinajstić information content (AvgIpc) is 2.43. The van der Waals surface area contributed by atoms with Gasteiger partial charge in [0.05, 0.1) is 25.3 Å². The molecule has 1 aromatic rings. The van der Waals surface area contributed by atoms with Crippen LogP contribution in [-0.4, -0.2) is 37.9 Å². The summed E-state index contributed by atoms with van der Waals surface area (Å²) < 4.78 is 9.31. The van der Waals surface area contributed by atoms with Gasteiger partial charge in [-0.2, -0.15) is 0 Å². The van der Waals surface area contributed by atoms with Gasteiger partial charge in [-0.1, -0.05) is 19.1 Å². The molecule has 0 fully saturated rings. The van der Waals surface area contributed by atoms with Crippen LogP contribution >= 0.6 is 0 Å². The van der Waals surface area contributed by atoms with Gasteiger partial charge in [0.1, 0.15) is 0 Å². The zero-order valence-corrected chi connectivity index (χ0v) is 10.6. The summed E-state index contributed by atoms with van der Waals surface area (Å²) in [6.45, 7) is 1.62. The first-order chi connectivity index (χ1) is 8.56. The van der Waals surface area contributed by atoms with Crippen LogP contribution in [0.25, 0.3) is 0 Å². The fourth-order valence-electron chi connectivity index (χ4n) is 1.69. The number of aliphatic hydroxyl groups is 1. The lowest BCUT2D eigenvalue weighted by Crippen LogP contribution is -2.16. The Bertz CT molecular complexity index is 453. The van der Waals surface area contributed by atoms with E-state index >= 15 is 0 Å². The highest BCUT2D eigenvalue weighted by atomic mass is 16.5. The monoisotopic (exact) mass is 252 g/mol. The molecule has 1 N–H and O–H groups in total. The minimum absolute atomic E-state index is 0.130. The highest BCUT2D eigenvalue weighted by molar-refractivity contribution is 6.04. The fraction of sp³-hybridized carbons (Fsp3) is 0.385. The van der Waals surface area contributed by atoms with Crippen LogP contribution in [0.3, 0.4) is 0 Å². The molecule has 98 valence electrons. The Kier molecular flexibility index (Phi) is 4.85. The zero-order valence-electron chi connectivity index (χ0n) is 10.6.